The molecule has 1 N–H and O–H groups in total. The van der Waals surface area contributed by atoms with E-state index in [1.165, 1.54) is 35.0 Å². The van der Waals surface area contributed by atoms with Gasteiger partial charge in [0.05, 0.1) is 5.56 Å². The molecule has 0 fully saturated rings. The maximum atomic E-state index is 11.0. The van der Waals surface area contributed by atoms with Crippen LogP contribution in [-0.2, 0) is 0 Å². The molecule has 0 aliphatic rings. The van der Waals surface area contributed by atoms with Gasteiger partial charge in [-0.3, -0.25) is 0 Å². The van der Waals surface area contributed by atoms with E-state index in [0.717, 1.165) is 4.90 Å². The van der Waals surface area contributed by atoms with Crippen molar-refractivity contribution in [3.05, 3.63) is 52.2 Å². The topological polar surface area (TPSA) is 50.2 Å². The van der Waals surface area contributed by atoms with E-state index < -0.39 is 5.97 Å². The number of aromatic nitrogens is 1. The Bertz CT molecular complexity index is 643. The Kier molecular flexibility index (Phi) is 4.12. The number of hydrogen-bond donors (Lipinski definition) is 1. The lowest BCUT2D eigenvalue weighted by molar-refractivity contribution is 0.0696. The molecule has 0 aliphatic carbocycles. The zero-order valence-electron chi connectivity index (χ0n) is 10.5. The van der Waals surface area contributed by atoms with Crippen LogP contribution in [0.15, 0.2) is 40.3 Å². The number of carboxylic acids is 1. The second-order valence-electron chi connectivity index (χ2n) is 4.17. The largest absolute Gasteiger partial charge is 0.478 e. The first-order valence-electron chi connectivity index (χ1n) is 5.61. The molecule has 19 heavy (non-hydrogen) atoms. The van der Waals surface area contributed by atoms with E-state index in [1.807, 2.05) is 32.0 Å². The molecule has 2 rings (SSSR count). The molecule has 0 amide bonds. The molecule has 1 aromatic heterocycles. The number of pyridine rings is 1. The normalized spacial score (nSPS) is 10.5. The van der Waals surface area contributed by atoms with Gasteiger partial charge in [0.1, 0.15) is 10.2 Å². The summed E-state index contributed by atoms with van der Waals surface area (Å²) in [4.78, 5) is 16.1. The minimum absolute atomic E-state index is 0.145. The minimum atomic E-state index is -1.01. The van der Waals surface area contributed by atoms with Gasteiger partial charge in [0.15, 0.2) is 0 Å². The summed E-state index contributed by atoms with van der Waals surface area (Å²) in [5.41, 5.74) is 2.55. The number of halogens is 1. The SMILES string of the molecule is Cc1ccc(Sc2cc(C(=O)O)cc(Cl)n2)cc1C. The van der Waals surface area contributed by atoms with Crippen LogP contribution in [0.5, 0.6) is 0 Å². The fraction of sp³-hybridized carbons (Fsp3) is 0.143. The average molecular weight is 294 g/mol. The second kappa shape index (κ2) is 5.63. The lowest BCUT2D eigenvalue weighted by atomic mass is 10.1. The number of hydrogen-bond acceptors (Lipinski definition) is 3. The third-order valence-electron chi connectivity index (χ3n) is 2.72. The number of carboxylic acid groups (broad SMARTS) is 1. The zero-order chi connectivity index (χ0) is 14.0. The first-order valence-corrected chi connectivity index (χ1v) is 6.81. The van der Waals surface area contributed by atoms with Crippen molar-refractivity contribution in [2.75, 3.05) is 0 Å². The quantitative estimate of drug-likeness (QED) is 0.862. The Morgan fingerprint density at radius 3 is 2.58 bits per heavy atom. The number of benzene rings is 1. The lowest BCUT2D eigenvalue weighted by Crippen LogP contribution is -1.97. The summed E-state index contributed by atoms with van der Waals surface area (Å²) < 4.78 is 0. The Morgan fingerprint density at radius 2 is 1.95 bits per heavy atom. The summed E-state index contributed by atoms with van der Waals surface area (Å²) >= 11 is 7.23. The number of carbonyl (C=O) groups is 1. The monoisotopic (exact) mass is 293 g/mol. The molecule has 1 heterocycles. The van der Waals surface area contributed by atoms with E-state index in [9.17, 15) is 4.79 Å². The zero-order valence-corrected chi connectivity index (χ0v) is 12.0. The molecule has 0 atom stereocenters. The van der Waals surface area contributed by atoms with E-state index in [0.29, 0.717) is 5.03 Å². The van der Waals surface area contributed by atoms with Crippen molar-refractivity contribution in [3.63, 3.8) is 0 Å². The summed E-state index contributed by atoms with van der Waals surface area (Å²) in [5, 5.41) is 9.75. The van der Waals surface area contributed by atoms with Crippen molar-refractivity contribution < 1.29 is 9.90 Å². The molecule has 3 nitrogen and oxygen atoms in total. The molecule has 0 aliphatic heterocycles. The molecule has 2 aromatic rings. The van der Waals surface area contributed by atoms with E-state index in [-0.39, 0.29) is 10.7 Å². The van der Waals surface area contributed by atoms with Gasteiger partial charge < -0.3 is 5.11 Å². The van der Waals surface area contributed by atoms with Crippen molar-refractivity contribution in [3.8, 4) is 0 Å². The third-order valence-corrected chi connectivity index (χ3v) is 3.82. The van der Waals surface area contributed by atoms with Crippen molar-refractivity contribution >= 4 is 29.3 Å². The minimum Gasteiger partial charge on any atom is -0.478 e. The summed E-state index contributed by atoms with van der Waals surface area (Å²) in [6, 6.07) is 8.92. The van der Waals surface area contributed by atoms with Gasteiger partial charge in [-0.25, -0.2) is 9.78 Å². The molecule has 1 aromatic carbocycles. The summed E-state index contributed by atoms with van der Waals surface area (Å²) in [6.07, 6.45) is 0. The summed E-state index contributed by atoms with van der Waals surface area (Å²) in [7, 11) is 0. The van der Waals surface area contributed by atoms with Crippen molar-refractivity contribution in [1.29, 1.82) is 0 Å². The molecule has 5 heteroatoms. The predicted octanol–water partition coefficient (Wildman–Crippen LogP) is 4.20. The summed E-state index contributed by atoms with van der Waals surface area (Å²) in [6.45, 7) is 4.08. The molecular weight excluding hydrogens is 282 g/mol. The maximum Gasteiger partial charge on any atom is 0.335 e. The van der Waals surface area contributed by atoms with E-state index in [1.54, 1.807) is 0 Å². The molecule has 0 saturated heterocycles. The molecule has 0 bridgehead atoms. The van der Waals surface area contributed by atoms with Crippen LogP contribution in [0, 0.1) is 13.8 Å². The van der Waals surface area contributed by atoms with Gasteiger partial charge in [0.25, 0.3) is 0 Å². The first-order chi connectivity index (χ1) is 8.95. The average Bonchev–Trinajstić information content (AvgIpc) is 2.33. The van der Waals surface area contributed by atoms with Gasteiger partial charge >= 0.3 is 5.97 Å². The van der Waals surface area contributed by atoms with Crippen LogP contribution in [0.25, 0.3) is 0 Å². The van der Waals surface area contributed by atoms with Crippen LogP contribution in [0.1, 0.15) is 21.5 Å². The molecule has 98 valence electrons. The molecule has 0 saturated carbocycles. The Morgan fingerprint density at radius 1 is 1.21 bits per heavy atom. The Labute approximate surface area is 120 Å². The van der Waals surface area contributed by atoms with Gasteiger partial charge in [-0.05, 0) is 49.2 Å². The van der Waals surface area contributed by atoms with Crippen LogP contribution < -0.4 is 0 Å². The highest BCUT2D eigenvalue weighted by Crippen LogP contribution is 2.29. The predicted molar refractivity (Wildman–Crippen MR) is 76.2 cm³/mol. The highest BCUT2D eigenvalue weighted by molar-refractivity contribution is 7.99. The molecule has 0 unspecified atom stereocenters. The van der Waals surface area contributed by atoms with Crippen LogP contribution >= 0.6 is 23.4 Å². The van der Waals surface area contributed by atoms with Crippen LogP contribution in [0.2, 0.25) is 5.15 Å². The second-order valence-corrected chi connectivity index (χ2v) is 5.65. The van der Waals surface area contributed by atoms with Crippen molar-refractivity contribution in [2.45, 2.75) is 23.8 Å². The van der Waals surface area contributed by atoms with Crippen molar-refractivity contribution in [2.24, 2.45) is 0 Å². The van der Waals surface area contributed by atoms with Gasteiger partial charge in [-0.2, -0.15) is 0 Å². The smallest absolute Gasteiger partial charge is 0.335 e. The van der Waals surface area contributed by atoms with E-state index in [2.05, 4.69) is 4.98 Å². The third kappa shape index (κ3) is 3.49. The maximum absolute atomic E-state index is 11.0. The molecule has 0 radical (unpaired) electrons. The van der Waals surface area contributed by atoms with Crippen LogP contribution in [0.3, 0.4) is 0 Å². The Hall–Kier alpha value is -1.52. The Balaban J connectivity index is 2.32. The van der Waals surface area contributed by atoms with Gasteiger partial charge in [-0.15, -0.1) is 0 Å². The number of aryl methyl sites for hydroxylation is 2. The van der Waals surface area contributed by atoms with E-state index in [4.69, 9.17) is 16.7 Å². The number of aromatic carboxylic acids is 1. The molecular formula is C14H12ClNO2S. The first kappa shape index (κ1) is 13.9. The molecule has 0 spiro atoms. The van der Waals surface area contributed by atoms with Gasteiger partial charge in [0, 0.05) is 4.90 Å². The van der Waals surface area contributed by atoms with Gasteiger partial charge in [0.2, 0.25) is 0 Å². The van der Waals surface area contributed by atoms with Crippen molar-refractivity contribution in [1.82, 2.24) is 4.98 Å². The summed E-state index contributed by atoms with van der Waals surface area (Å²) in [5.74, 6) is -1.01. The lowest BCUT2D eigenvalue weighted by Gasteiger charge is -2.06. The van der Waals surface area contributed by atoms with Crippen LogP contribution in [0.4, 0.5) is 0 Å². The van der Waals surface area contributed by atoms with Crippen LogP contribution in [-0.4, -0.2) is 16.1 Å². The standard InChI is InChI=1S/C14H12ClNO2S/c1-8-3-4-11(5-9(8)2)19-13-7-10(14(17)18)6-12(15)16-13/h3-7H,1-2H3,(H,17,18). The fourth-order valence-electron chi connectivity index (χ4n) is 1.55. The fourth-order valence-corrected chi connectivity index (χ4v) is 2.75. The number of rotatable bonds is 3. The number of nitrogens with zero attached hydrogens (tertiary/aromatic N) is 1. The van der Waals surface area contributed by atoms with Gasteiger partial charge in [-0.1, -0.05) is 29.4 Å². The highest BCUT2D eigenvalue weighted by Gasteiger charge is 2.09. The highest BCUT2D eigenvalue weighted by atomic mass is 35.5. The van der Waals surface area contributed by atoms with E-state index >= 15 is 0 Å².